The second kappa shape index (κ2) is 9.23. The van der Waals surface area contributed by atoms with Crippen molar-refractivity contribution in [1.29, 1.82) is 0 Å². The number of fused-ring (bicyclic) bond motifs is 1. The Hall–Kier alpha value is -4.02. The number of para-hydroxylation sites is 1. The van der Waals surface area contributed by atoms with Crippen LogP contribution in [0.5, 0.6) is 5.75 Å². The molecule has 0 spiro atoms. The van der Waals surface area contributed by atoms with Crippen molar-refractivity contribution >= 4 is 22.6 Å². The first kappa shape index (κ1) is 22.2. The number of alkyl halides is 2. The van der Waals surface area contributed by atoms with Crippen LogP contribution >= 0.6 is 0 Å². The molecule has 3 aromatic rings. The smallest absolute Gasteiger partial charge is 0.387 e. The number of nitrogens with zero attached hydrogens (tertiary/aromatic N) is 3. The fourth-order valence-corrected chi connectivity index (χ4v) is 3.76. The largest absolute Gasteiger partial charge is 0.434 e. The van der Waals surface area contributed by atoms with Gasteiger partial charge in [-0.25, -0.2) is 4.68 Å². The SMILES string of the molecule is O=C(Cn1[nH]c(=O)c2ccccc2c1=O)N1CCN(C(=O)c2ccccc2OC(F)F)CC1. The lowest BCUT2D eigenvalue weighted by Gasteiger charge is -2.35. The number of benzene rings is 2. The predicted molar refractivity (Wildman–Crippen MR) is 114 cm³/mol. The van der Waals surface area contributed by atoms with E-state index in [1.165, 1.54) is 40.1 Å². The van der Waals surface area contributed by atoms with Gasteiger partial charge in [-0.05, 0) is 24.3 Å². The first-order chi connectivity index (χ1) is 15.8. The topological polar surface area (TPSA) is 105 Å². The average Bonchev–Trinajstić information content (AvgIpc) is 2.82. The minimum Gasteiger partial charge on any atom is -0.434 e. The first-order valence-electron chi connectivity index (χ1n) is 10.2. The summed E-state index contributed by atoms with van der Waals surface area (Å²) in [4.78, 5) is 53.3. The van der Waals surface area contributed by atoms with Crippen molar-refractivity contribution in [3.8, 4) is 5.75 Å². The van der Waals surface area contributed by atoms with Gasteiger partial charge in [-0.1, -0.05) is 24.3 Å². The molecule has 2 amide bonds. The number of carbonyl (C=O) groups excluding carboxylic acids is 2. The van der Waals surface area contributed by atoms with E-state index in [4.69, 9.17) is 0 Å². The number of hydrogen-bond donors (Lipinski definition) is 1. The summed E-state index contributed by atoms with van der Waals surface area (Å²) in [5.41, 5.74) is -0.945. The van der Waals surface area contributed by atoms with E-state index in [1.54, 1.807) is 18.2 Å². The normalized spacial score (nSPS) is 14.0. The zero-order valence-corrected chi connectivity index (χ0v) is 17.4. The molecule has 0 atom stereocenters. The Balaban J connectivity index is 1.43. The van der Waals surface area contributed by atoms with Crippen LogP contribution in [-0.4, -0.2) is 64.2 Å². The van der Waals surface area contributed by atoms with Gasteiger partial charge in [0.05, 0.1) is 16.3 Å². The van der Waals surface area contributed by atoms with Crippen molar-refractivity contribution in [2.75, 3.05) is 26.2 Å². The number of hydrogen-bond acceptors (Lipinski definition) is 5. The van der Waals surface area contributed by atoms with Crippen LogP contribution < -0.4 is 15.9 Å². The Kier molecular flexibility index (Phi) is 6.20. The van der Waals surface area contributed by atoms with Crippen LogP contribution in [-0.2, 0) is 11.3 Å². The highest BCUT2D eigenvalue weighted by Crippen LogP contribution is 2.22. The second-order valence-corrected chi connectivity index (χ2v) is 7.43. The number of aromatic amines is 1. The Morgan fingerprint density at radius 2 is 1.52 bits per heavy atom. The maximum absolute atomic E-state index is 12.8. The number of piperazine rings is 1. The van der Waals surface area contributed by atoms with E-state index in [0.717, 1.165) is 4.68 Å². The van der Waals surface area contributed by atoms with E-state index in [9.17, 15) is 28.0 Å². The summed E-state index contributed by atoms with van der Waals surface area (Å²) in [5, 5.41) is 2.88. The van der Waals surface area contributed by atoms with Crippen molar-refractivity contribution in [2.45, 2.75) is 13.2 Å². The average molecular weight is 458 g/mol. The molecule has 1 aromatic heterocycles. The number of amides is 2. The molecule has 2 aromatic carbocycles. The van der Waals surface area contributed by atoms with Crippen LogP contribution in [0.1, 0.15) is 10.4 Å². The van der Waals surface area contributed by atoms with E-state index in [1.807, 2.05) is 0 Å². The third-order valence-electron chi connectivity index (χ3n) is 5.43. The van der Waals surface area contributed by atoms with Gasteiger partial charge in [0.15, 0.2) is 0 Å². The Morgan fingerprint density at radius 3 is 2.21 bits per heavy atom. The molecule has 0 radical (unpaired) electrons. The standard InChI is InChI=1S/C22H20F2N4O5/c23-22(24)33-17-8-4-3-7-16(17)20(31)27-11-9-26(10-12-27)18(29)13-28-21(32)15-6-2-1-5-14(15)19(30)25-28/h1-8,22H,9-13H2,(H,25,30). The molecule has 0 aliphatic carbocycles. The quantitative estimate of drug-likeness (QED) is 0.620. The monoisotopic (exact) mass is 458 g/mol. The number of ether oxygens (including phenoxy) is 1. The molecule has 0 saturated carbocycles. The van der Waals surface area contributed by atoms with Crippen molar-refractivity contribution in [3.05, 3.63) is 74.8 Å². The summed E-state index contributed by atoms with van der Waals surface area (Å²) in [7, 11) is 0. The molecule has 0 bridgehead atoms. The lowest BCUT2D eigenvalue weighted by Crippen LogP contribution is -2.52. The maximum Gasteiger partial charge on any atom is 0.387 e. The fourth-order valence-electron chi connectivity index (χ4n) is 3.76. The van der Waals surface area contributed by atoms with Gasteiger partial charge >= 0.3 is 6.61 Å². The van der Waals surface area contributed by atoms with Gasteiger partial charge < -0.3 is 14.5 Å². The summed E-state index contributed by atoms with van der Waals surface area (Å²) in [6.07, 6.45) is 0. The summed E-state index contributed by atoms with van der Waals surface area (Å²) in [6, 6.07) is 12.1. The molecule has 9 nitrogen and oxygen atoms in total. The summed E-state index contributed by atoms with van der Waals surface area (Å²) in [6.45, 7) is -2.67. The molecule has 1 N–H and O–H groups in total. The van der Waals surface area contributed by atoms with Crippen molar-refractivity contribution in [1.82, 2.24) is 19.6 Å². The highest BCUT2D eigenvalue weighted by Gasteiger charge is 2.27. The minimum atomic E-state index is -3.06. The molecular weight excluding hydrogens is 438 g/mol. The number of nitrogens with one attached hydrogen (secondary N) is 1. The van der Waals surface area contributed by atoms with Crippen LogP contribution in [0.25, 0.3) is 10.8 Å². The summed E-state index contributed by atoms with van der Waals surface area (Å²) >= 11 is 0. The van der Waals surface area contributed by atoms with Crippen LogP contribution in [0.4, 0.5) is 8.78 Å². The van der Waals surface area contributed by atoms with Gasteiger partial charge in [0.1, 0.15) is 12.3 Å². The van der Waals surface area contributed by atoms with Gasteiger partial charge in [-0.15, -0.1) is 0 Å². The number of aromatic nitrogens is 2. The van der Waals surface area contributed by atoms with E-state index in [0.29, 0.717) is 0 Å². The van der Waals surface area contributed by atoms with Gasteiger partial charge in [-0.3, -0.25) is 24.3 Å². The summed E-state index contributed by atoms with van der Waals surface area (Å²) < 4.78 is 30.7. The fraction of sp³-hybridized carbons (Fsp3) is 0.273. The van der Waals surface area contributed by atoms with Crippen molar-refractivity contribution in [2.24, 2.45) is 0 Å². The molecule has 4 rings (SSSR count). The van der Waals surface area contributed by atoms with Gasteiger partial charge in [0, 0.05) is 26.2 Å². The van der Waals surface area contributed by atoms with Gasteiger partial charge in [0.25, 0.3) is 17.0 Å². The zero-order chi connectivity index (χ0) is 23.5. The Bertz CT molecular complexity index is 1310. The third-order valence-corrected chi connectivity index (χ3v) is 5.43. The number of halogens is 2. The Morgan fingerprint density at radius 1 is 0.909 bits per heavy atom. The second-order valence-electron chi connectivity index (χ2n) is 7.43. The molecule has 33 heavy (non-hydrogen) atoms. The first-order valence-corrected chi connectivity index (χ1v) is 10.2. The molecule has 1 aliphatic rings. The molecule has 1 fully saturated rings. The lowest BCUT2D eigenvalue weighted by atomic mass is 10.1. The minimum absolute atomic E-state index is 0.0119. The highest BCUT2D eigenvalue weighted by molar-refractivity contribution is 5.97. The number of rotatable bonds is 5. The third kappa shape index (κ3) is 4.61. The molecule has 0 unspecified atom stereocenters. The van der Waals surface area contributed by atoms with E-state index >= 15 is 0 Å². The van der Waals surface area contributed by atoms with Crippen LogP contribution in [0, 0.1) is 0 Å². The molecule has 172 valence electrons. The summed E-state index contributed by atoms with van der Waals surface area (Å²) in [5.74, 6) is -1.08. The molecule has 2 heterocycles. The lowest BCUT2D eigenvalue weighted by molar-refractivity contribution is -0.133. The van der Waals surface area contributed by atoms with Gasteiger partial charge in [0.2, 0.25) is 5.91 Å². The number of H-pyrrole nitrogens is 1. The Labute approximate surface area is 185 Å². The van der Waals surface area contributed by atoms with Crippen LogP contribution in [0.2, 0.25) is 0 Å². The van der Waals surface area contributed by atoms with Crippen molar-refractivity contribution < 1.29 is 23.1 Å². The van der Waals surface area contributed by atoms with Gasteiger partial charge in [-0.2, -0.15) is 8.78 Å². The molecule has 1 aliphatic heterocycles. The van der Waals surface area contributed by atoms with E-state index in [2.05, 4.69) is 9.84 Å². The maximum atomic E-state index is 12.8. The highest BCUT2D eigenvalue weighted by atomic mass is 19.3. The van der Waals surface area contributed by atoms with Crippen molar-refractivity contribution in [3.63, 3.8) is 0 Å². The van der Waals surface area contributed by atoms with E-state index in [-0.39, 0.29) is 54.8 Å². The number of carbonyl (C=O) groups is 2. The van der Waals surface area contributed by atoms with Crippen LogP contribution in [0.15, 0.2) is 58.1 Å². The zero-order valence-electron chi connectivity index (χ0n) is 17.4. The molecule has 1 saturated heterocycles. The molecule has 11 heteroatoms. The molecular formula is C22H20F2N4O5. The predicted octanol–water partition coefficient (Wildman–Crippen LogP) is 1.28. The van der Waals surface area contributed by atoms with Crippen LogP contribution in [0.3, 0.4) is 0 Å². The van der Waals surface area contributed by atoms with E-state index < -0.39 is 29.5 Å².